The second-order valence-corrected chi connectivity index (χ2v) is 6.22. The summed E-state index contributed by atoms with van der Waals surface area (Å²) < 4.78 is 5.34. The van der Waals surface area contributed by atoms with E-state index in [0.717, 1.165) is 0 Å². The summed E-state index contributed by atoms with van der Waals surface area (Å²) in [6.45, 7) is 3.88. The Labute approximate surface area is 122 Å². The standard InChI is InChI=1S/C17H16O4/c1-17(2)8-11(18)14-12(9-17)21-16(20)13(15(14)19)10-6-4-3-5-7-10/h3-7,19H,8-9H2,1-2H3. The van der Waals surface area contributed by atoms with E-state index < -0.39 is 5.63 Å². The van der Waals surface area contributed by atoms with Gasteiger partial charge in [0.15, 0.2) is 5.78 Å². The van der Waals surface area contributed by atoms with E-state index in [9.17, 15) is 14.7 Å². The Bertz CT molecular complexity index is 769. The molecule has 0 bridgehead atoms. The van der Waals surface area contributed by atoms with Crippen molar-refractivity contribution in [2.75, 3.05) is 0 Å². The van der Waals surface area contributed by atoms with E-state index in [0.29, 0.717) is 24.2 Å². The van der Waals surface area contributed by atoms with Gasteiger partial charge in [0.2, 0.25) is 0 Å². The average Bonchev–Trinajstić information content (AvgIpc) is 2.37. The van der Waals surface area contributed by atoms with Gasteiger partial charge in [-0.2, -0.15) is 0 Å². The molecule has 0 saturated heterocycles. The van der Waals surface area contributed by atoms with Gasteiger partial charge >= 0.3 is 5.63 Å². The lowest BCUT2D eigenvalue weighted by atomic mass is 9.75. The molecule has 0 saturated carbocycles. The van der Waals surface area contributed by atoms with E-state index in [1.165, 1.54) is 0 Å². The maximum absolute atomic E-state index is 12.3. The number of hydrogen-bond donors (Lipinski definition) is 1. The van der Waals surface area contributed by atoms with Gasteiger partial charge in [-0.15, -0.1) is 0 Å². The first kappa shape index (κ1) is 13.6. The molecular formula is C17H16O4. The monoisotopic (exact) mass is 284 g/mol. The third kappa shape index (κ3) is 2.27. The lowest BCUT2D eigenvalue weighted by molar-refractivity contribution is 0.0893. The number of rotatable bonds is 1. The van der Waals surface area contributed by atoms with Crippen molar-refractivity contribution in [1.82, 2.24) is 0 Å². The highest BCUT2D eigenvalue weighted by molar-refractivity contribution is 6.02. The van der Waals surface area contributed by atoms with Crippen LogP contribution in [0.1, 0.15) is 36.4 Å². The normalized spacial score (nSPS) is 16.6. The highest BCUT2D eigenvalue weighted by Crippen LogP contribution is 2.40. The summed E-state index contributed by atoms with van der Waals surface area (Å²) in [5.41, 5.74) is -0.108. The summed E-state index contributed by atoms with van der Waals surface area (Å²) >= 11 is 0. The van der Waals surface area contributed by atoms with Gasteiger partial charge in [0.1, 0.15) is 17.1 Å². The van der Waals surface area contributed by atoms with Gasteiger partial charge in [-0.1, -0.05) is 44.2 Å². The predicted molar refractivity (Wildman–Crippen MR) is 78.5 cm³/mol. The number of hydrogen-bond acceptors (Lipinski definition) is 4. The molecule has 1 aromatic carbocycles. The topological polar surface area (TPSA) is 67.5 Å². The molecule has 108 valence electrons. The molecule has 4 heteroatoms. The van der Waals surface area contributed by atoms with E-state index in [-0.39, 0.29) is 28.1 Å². The molecule has 1 N–H and O–H groups in total. The molecule has 3 rings (SSSR count). The van der Waals surface area contributed by atoms with Crippen molar-refractivity contribution < 1.29 is 14.3 Å². The van der Waals surface area contributed by atoms with Crippen LogP contribution in [0, 0.1) is 5.41 Å². The lowest BCUT2D eigenvalue weighted by Gasteiger charge is -2.29. The molecule has 21 heavy (non-hydrogen) atoms. The number of carbonyl (C=O) groups excluding carboxylic acids is 1. The molecule has 0 spiro atoms. The van der Waals surface area contributed by atoms with Crippen LogP contribution in [-0.2, 0) is 6.42 Å². The van der Waals surface area contributed by atoms with Crippen LogP contribution >= 0.6 is 0 Å². The molecule has 0 fully saturated rings. The number of carbonyl (C=O) groups is 1. The Kier molecular flexibility index (Phi) is 2.97. The van der Waals surface area contributed by atoms with Crippen molar-refractivity contribution in [3.05, 3.63) is 52.1 Å². The highest BCUT2D eigenvalue weighted by Gasteiger charge is 2.36. The summed E-state index contributed by atoms with van der Waals surface area (Å²) in [5.74, 6) is -0.147. The van der Waals surface area contributed by atoms with Crippen LogP contribution in [-0.4, -0.2) is 10.9 Å². The van der Waals surface area contributed by atoms with Crippen molar-refractivity contribution in [3.8, 4) is 16.9 Å². The Morgan fingerprint density at radius 1 is 1.05 bits per heavy atom. The fourth-order valence-electron chi connectivity index (χ4n) is 2.86. The van der Waals surface area contributed by atoms with Crippen LogP contribution in [0.4, 0.5) is 0 Å². The predicted octanol–water partition coefficient (Wildman–Crippen LogP) is 3.17. The van der Waals surface area contributed by atoms with E-state index in [1.54, 1.807) is 24.3 Å². The minimum atomic E-state index is -0.608. The van der Waals surface area contributed by atoms with Gasteiger partial charge < -0.3 is 9.52 Å². The molecule has 4 nitrogen and oxygen atoms in total. The molecule has 0 radical (unpaired) electrons. The van der Waals surface area contributed by atoms with Crippen molar-refractivity contribution in [1.29, 1.82) is 0 Å². The third-order valence-electron chi connectivity index (χ3n) is 3.79. The van der Waals surface area contributed by atoms with Crippen LogP contribution in [0.3, 0.4) is 0 Å². The van der Waals surface area contributed by atoms with E-state index in [2.05, 4.69) is 0 Å². The molecule has 0 atom stereocenters. The summed E-state index contributed by atoms with van der Waals surface area (Å²) in [6, 6.07) is 8.75. The minimum absolute atomic E-state index is 0.0578. The SMILES string of the molecule is CC1(C)CC(=O)c2c(oc(=O)c(-c3ccccc3)c2O)C1. The van der Waals surface area contributed by atoms with Crippen LogP contribution in [0.2, 0.25) is 0 Å². The van der Waals surface area contributed by atoms with Crippen molar-refractivity contribution in [2.45, 2.75) is 26.7 Å². The first-order valence-corrected chi connectivity index (χ1v) is 6.87. The van der Waals surface area contributed by atoms with Gasteiger partial charge in [0.25, 0.3) is 0 Å². The van der Waals surface area contributed by atoms with Crippen LogP contribution in [0.15, 0.2) is 39.5 Å². The molecule has 1 aliphatic carbocycles. The highest BCUT2D eigenvalue weighted by atomic mass is 16.4. The second-order valence-electron chi connectivity index (χ2n) is 6.22. The van der Waals surface area contributed by atoms with E-state index >= 15 is 0 Å². The van der Waals surface area contributed by atoms with Gasteiger partial charge in [-0.05, 0) is 11.0 Å². The molecular weight excluding hydrogens is 268 g/mol. The fourth-order valence-corrected chi connectivity index (χ4v) is 2.86. The van der Waals surface area contributed by atoms with Gasteiger partial charge in [-0.25, -0.2) is 4.79 Å². The quantitative estimate of drug-likeness (QED) is 0.873. The number of aromatic hydroxyl groups is 1. The summed E-state index contributed by atoms with van der Waals surface area (Å²) in [7, 11) is 0. The molecule has 1 aromatic heterocycles. The fraction of sp³-hybridized carbons (Fsp3) is 0.294. The van der Waals surface area contributed by atoms with Gasteiger partial charge in [-0.3, -0.25) is 4.79 Å². The number of Topliss-reactive ketones (excluding diaryl/α,β-unsaturated/α-hetero) is 1. The second kappa shape index (κ2) is 4.58. The summed E-state index contributed by atoms with van der Waals surface area (Å²) in [4.78, 5) is 24.5. The molecule has 0 amide bonds. The van der Waals surface area contributed by atoms with Crippen molar-refractivity contribution >= 4 is 5.78 Å². The summed E-state index contributed by atoms with van der Waals surface area (Å²) in [6.07, 6.45) is 0.793. The summed E-state index contributed by atoms with van der Waals surface area (Å²) in [5, 5.41) is 10.4. The van der Waals surface area contributed by atoms with Gasteiger partial charge in [0.05, 0.1) is 5.56 Å². The Balaban J connectivity index is 2.26. The van der Waals surface area contributed by atoms with E-state index in [1.807, 2.05) is 19.9 Å². The van der Waals surface area contributed by atoms with Crippen molar-refractivity contribution in [2.24, 2.45) is 5.41 Å². The van der Waals surface area contributed by atoms with Crippen LogP contribution < -0.4 is 5.63 Å². The maximum atomic E-state index is 12.3. The zero-order valence-electron chi connectivity index (χ0n) is 12.0. The molecule has 1 heterocycles. The number of benzene rings is 1. The molecule has 0 aliphatic heterocycles. The molecule has 1 aliphatic rings. The number of ketones is 1. The molecule has 0 unspecified atom stereocenters. The Hall–Kier alpha value is -2.36. The third-order valence-corrected chi connectivity index (χ3v) is 3.79. The maximum Gasteiger partial charge on any atom is 0.347 e. The van der Waals surface area contributed by atoms with Crippen LogP contribution in [0.5, 0.6) is 5.75 Å². The lowest BCUT2D eigenvalue weighted by Crippen LogP contribution is -2.28. The van der Waals surface area contributed by atoms with E-state index in [4.69, 9.17) is 4.42 Å². The van der Waals surface area contributed by atoms with Crippen molar-refractivity contribution in [3.63, 3.8) is 0 Å². The Morgan fingerprint density at radius 3 is 2.38 bits per heavy atom. The van der Waals surface area contributed by atoms with Crippen LogP contribution in [0.25, 0.3) is 11.1 Å². The minimum Gasteiger partial charge on any atom is -0.506 e. The smallest absolute Gasteiger partial charge is 0.347 e. The zero-order chi connectivity index (χ0) is 15.2. The van der Waals surface area contributed by atoms with Gasteiger partial charge in [0, 0.05) is 12.8 Å². The largest absolute Gasteiger partial charge is 0.506 e. The number of fused-ring (bicyclic) bond motifs is 1. The first-order valence-electron chi connectivity index (χ1n) is 6.87. The zero-order valence-corrected chi connectivity index (χ0v) is 12.0. The molecule has 2 aromatic rings. The first-order chi connectivity index (χ1) is 9.89. The average molecular weight is 284 g/mol. The Morgan fingerprint density at radius 2 is 1.71 bits per heavy atom.